The summed E-state index contributed by atoms with van der Waals surface area (Å²) in [5, 5.41) is 0.189. The van der Waals surface area contributed by atoms with Gasteiger partial charge in [-0.05, 0) is 36.4 Å². The first-order valence-corrected chi connectivity index (χ1v) is 7.21. The van der Waals surface area contributed by atoms with Crippen LogP contribution in [0.25, 0.3) is 0 Å². The van der Waals surface area contributed by atoms with E-state index < -0.39 is 24.2 Å². The summed E-state index contributed by atoms with van der Waals surface area (Å²) in [7, 11) is 2.91. The average Bonchev–Trinajstić information content (AvgIpc) is 2.60. The molecular weight excluding hydrogens is 339 g/mol. The van der Waals surface area contributed by atoms with Gasteiger partial charge in [-0.3, -0.25) is 4.79 Å². The highest BCUT2D eigenvalue weighted by Crippen LogP contribution is 2.27. The van der Waals surface area contributed by atoms with Gasteiger partial charge in [-0.15, -0.1) is 0 Å². The van der Waals surface area contributed by atoms with Crippen LogP contribution in [0, 0.1) is 5.82 Å². The molecule has 0 heterocycles. The number of esters is 1. The van der Waals surface area contributed by atoms with Crippen LogP contribution in [0.1, 0.15) is 20.7 Å². The maximum absolute atomic E-state index is 13.6. The molecule has 24 heavy (non-hydrogen) atoms. The zero-order chi connectivity index (χ0) is 17.7. The van der Waals surface area contributed by atoms with Crippen molar-refractivity contribution in [3.63, 3.8) is 0 Å². The van der Waals surface area contributed by atoms with Crippen LogP contribution >= 0.6 is 11.6 Å². The Morgan fingerprint density at radius 3 is 2.42 bits per heavy atom. The Morgan fingerprint density at radius 1 is 1.04 bits per heavy atom. The molecule has 0 aliphatic carbocycles. The topological polar surface area (TPSA) is 61.8 Å². The zero-order valence-corrected chi connectivity index (χ0v) is 13.7. The fraction of sp³-hybridized carbons (Fsp3) is 0.176. The second kappa shape index (κ2) is 7.79. The maximum Gasteiger partial charge on any atom is 0.341 e. The molecule has 0 saturated heterocycles. The van der Waals surface area contributed by atoms with Gasteiger partial charge in [0, 0.05) is 10.6 Å². The third kappa shape index (κ3) is 4.02. The summed E-state index contributed by atoms with van der Waals surface area (Å²) < 4.78 is 28.6. The predicted molar refractivity (Wildman–Crippen MR) is 85.6 cm³/mol. The Morgan fingerprint density at radius 2 is 1.75 bits per heavy atom. The Labute approximate surface area is 142 Å². The number of ketones is 1. The van der Waals surface area contributed by atoms with E-state index in [1.165, 1.54) is 32.4 Å². The zero-order valence-electron chi connectivity index (χ0n) is 13.0. The van der Waals surface area contributed by atoms with Gasteiger partial charge in [-0.2, -0.15) is 0 Å². The molecule has 0 saturated carbocycles. The summed E-state index contributed by atoms with van der Waals surface area (Å²) in [5.41, 5.74) is -0.0605. The highest BCUT2D eigenvalue weighted by atomic mass is 35.5. The lowest BCUT2D eigenvalue weighted by atomic mass is 10.1. The van der Waals surface area contributed by atoms with Crippen LogP contribution in [0.2, 0.25) is 5.02 Å². The number of hydrogen-bond acceptors (Lipinski definition) is 5. The van der Waals surface area contributed by atoms with Crippen LogP contribution in [-0.2, 0) is 4.74 Å². The van der Waals surface area contributed by atoms with Crippen molar-refractivity contribution in [3.8, 4) is 11.5 Å². The molecule has 0 aliphatic rings. The standard InChI is InChI=1S/C17H14ClFO5/c1-22-15-6-3-10(7-16(15)23-2)14(20)9-24-17(21)12-8-11(18)4-5-13(12)19/h3-8H,9H2,1-2H3. The minimum atomic E-state index is -0.969. The highest BCUT2D eigenvalue weighted by Gasteiger charge is 2.17. The lowest BCUT2D eigenvalue weighted by Crippen LogP contribution is -2.15. The molecule has 0 N–H and O–H groups in total. The lowest BCUT2D eigenvalue weighted by Gasteiger charge is -2.09. The van der Waals surface area contributed by atoms with Crippen molar-refractivity contribution in [2.24, 2.45) is 0 Å². The summed E-state index contributed by atoms with van der Waals surface area (Å²) in [6.45, 7) is -0.541. The molecule has 0 aliphatic heterocycles. The van der Waals surface area contributed by atoms with Crippen LogP contribution in [0.4, 0.5) is 4.39 Å². The van der Waals surface area contributed by atoms with E-state index in [0.29, 0.717) is 11.5 Å². The number of ether oxygens (including phenoxy) is 3. The van der Waals surface area contributed by atoms with Crippen molar-refractivity contribution in [3.05, 3.63) is 58.4 Å². The third-order valence-electron chi connectivity index (χ3n) is 3.19. The SMILES string of the molecule is COc1ccc(C(=O)COC(=O)c2cc(Cl)ccc2F)cc1OC. The van der Waals surface area contributed by atoms with E-state index in [-0.39, 0.29) is 16.1 Å². The molecule has 0 unspecified atom stereocenters. The normalized spacial score (nSPS) is 10.2. The minimum Gasteiger partial charge on any atom is -0.493 e. The average molecular weight is 353 g/mol. The molecule has 0 bridgehead atoms. The maximum atomic E-state index is 13.6. The second-order valence-electron chi connectivity index (χ2n) is 4.69. The van der Waals surface area contributed by atoms with Gasteiger partial charge in [0.15, 0.2) is 23.9 Å². The second-order valence-corrected chi connectivity index (χ2v) is 5.13. The fourth-order valence-corrected chi connectivity index (χ4v) is 2.13. The molecule has 0 atom stereocenters. The first-order valence-electron chi connectivity index (χ1n) is 6.83. The Kier molecular flexibility index (Phi) is 5.76. The number of carbonyl (C=O) groups is 2. The summed E-state index contributed by atoms with van der Waals surface area (Å²) in [6.07, 6.45) is 0. The van der Waals surface area contributed by atoms with Crippen LogP contribution in [0.15, 0.2) is 36.4 Å². The first-order chi connectivity index (χ1) is 11.5. The van der Waals surface area contributed by atoms with Crippen molar-refractivity contribution in [1.29, 1.82) is 0 Å². The van der Waals surface area contributed by atoms with Crippen molar-refractivity contribution < 1.29 is 28.2 Å². The molecule has 126 valence electrons. The van der Waals surface area contributed by atoms with Crippen LogP contribution in [-0.4, -0.2) is 32.6 Å². The molecule has 0 spiro atoms. The molecule has 2 rings (SSSR count). The predicted octanol–water partition coefficient (Wildman–Crippen LogP) is 3.54. The number of carbonyl (C=O) groups excluding carboxylic acids is 2. The molecule has 7 heteroatoms. The van der Waals surface area contributed by atoms with Gasteiger partial charge in [0.25, 0.3) is 0 Å². The van der Waals surface area contributed by atoms with E-state index in [0.717, 1.165) is 12.1 Å². The lowest BCUT2D eigenvalue weighted by molar-refractivity contribution is 0.0470. The molecule has 0 radical (unpaired) electrons. The highest BCUT2D eigenvalue weighted by molar-refractivity contribution is 6.30. The van der Waals surface area contributed by atoms with Crippen molar-refractivity contribution in [2.45, 2.75) is 0 Å². The summed E-state index contributed by atoms with van der Waals surface area (Å²) in [6, 6.07) is 8.04. The number of rotatable bonds is 6. The van der Waals surface area contributed by atoms with E-state index in [9.17, 15) is 14.0 Å². The van der Waals surface area contributed by atoms with Gasteiger partial charge in [0.05, 0.1) is 19.8 Å². The molecule has 2 aromatic carbocycles. The monoisotopic (exact) mass is 352 g/mol. The van der Waals surface area contributed by atoms with Crippen LogP contribution in [0.3, 0.4) is 0 Å². The largest absolute Gasteiger partial charge is 0.493 e. The summed E-state index contributed by atoms with van der Waals surface area (Å²) in [4.78, 5) is 24.0. The van der Waals surface area contributed by atoms with E-state index in [1.54, 1.807) is 6.07 Å². The Balaban J connectivity index is 2.07. The van der Waals surface area contributed by atoms with Gasteiger partial charge in [0.1, 0.15) is 5.82 Å². The molecule has 2 aromatic rings. The molecule has 0 fully saturated rings. The Hall–Kier alpha value is -2.60. The minimum absolute atomic E-state index is 0.189. The van der Waals surface area contributed by atoms with Gasteiger partial charge >= 0.3 is 5.97 Å². The van der Waals surface area contributed by atoms with E-state index in [4.69, 9.17) is 25.8 Å². The number of benzene rings is 2. The number of hydrogen-bond donors (Lipinski definition) is 0. The van der Waals surface area contributed by atoms with Gasteiger partial charge in [-0.25, -0.2) is 9.18 Å². The van der Waals surface area contributed by atoms with E-state index in [2.05, 4.69) is 0 Å². The van der Waals surface area contributed by atoms with Gasteiger partial charge in [0.2, 0.25) is 0 Å². The quantitative estimate of drug-likeness (QED) is 0.588. The summed E-state index contributed by atoms with van der Waals surface area (Å²) >= 11 is 5.71. The Bertz CT molecular complexity index is 776. The third-order valence-corrected chi connectivity index (χ3v) is 3.42. The van der Waals surface area contributed by atoms with E-state index >= 15 is 0 Å². The molecular formula is C17H14ClFO5. The van der Waals surface area contributed by atoms with E-state index in [1.807, 2.05) is 0 Å². The first kappa shape index (κ1) is 17.7. The van der Waals surface area contributed by atoms with Gasteiger partial charge < -0.3 is 14.2 Å². The fourth-order valence-electron chi connectivity index (χ4n) is 1.96. The molecule has 0 aromatic heterocycles. The van der Waals surface area contributed by atoms with Crippen molar-refractivity contribution in [2.75, 3.05) is 20.8 Å². The number of halogens is 2. The van der Waals surface area contributed by atoms with Gasteiger partial charge in [-0.1, -0.05) is 11.6 Å². The van der Waals surface area contributed by atoms with Crippen LogP contribution in [0.5, 0.6) is 11.5 Å². The number of methoxy groups -OCH3 is 2. The van der Waals surface area contributed by atoms with Crippen LogP contribution < -0.4 is 9.47 Å². The number of Topliss-reactive ketones (excluding diaryl/α,β-unsaturated/α-hetero) is 1. The molecule has 5 nitrogen and oxygen atoms in total. The summed E-state index contributed by atoms with van der Waals surface area (Å²) in [5.74, 6) is -1.37. The molecule has 0 amide bonds. The van der Waals surface area contributed by atoms with Crippen molar-refractivity contribution in [1.82, 2.24) is 0 Å². The van der Waals surface area contributed by atoms with Crippen molar-refractivity contribution >= 4 is 23.4 Å². The smallest absolute Gasteiger partial charge is 0.341 e.